The van der Waals surface area contributed by atoms with E-state index >= 15 is 0 Å². The van der Waals surface area contributed by atoms with Crippen LogP contribution < -0.4 is 11.1 Å². The first-order valence-corrected chi connectivity index (χ1v) is 6.32. The van der Waals surface area contributed by atoms with Crippen LogP contribution in [0.4, 0.5) is 0 Å². The zero-order valence-corrected chi connectivity index (χ0v) is 11.6. The molecule has 1 unspecified atom stereocenters. The van der Waals surface area contributed by atoms with Crippen molar-refractivity contribution in [1.29, 1.82) is 0 Å². The summed E-state index contributed by atoms with van der Waals surface area (Å²) in [5, 5.41) is 11.0. The second-order valence-electron chi connectivity index (χ2n) is 4.91. The lowest BCUT2D eigenvalue weighted by atomic mass is 10.1. The van der Waals surface area contributed by atoms with E-state index in [9.17, 15) is 9.59 Å². The maximum Gasteiger partial charge on any atom is 0.234 e. The highest BCUT2D eigenvalue weighted by Gasteiger charge is 2.18. The maximum atomic E-state index is 11.3. The van der Waals surface area contributed by atoms with E-state index in [4.69, 9.17) is 5.73 Å². The predicted molar refractivity (Wildman–Crippen MR) is 70.3 cm³/mol. The van der Waals surface area contributed by atoms with Gasteiger partial charge in [-0.15, -0.1) is 5.10 Å². The molecule has 7 heteroatoms. The van der Waals surface area contributed by atoms with Gasteiger partial charge in [0.2, 0.25) is 5.91 Å². The average molecular weight is 267 g/mol. The Hall–Kier alpha value is -1.76. The maximum absolute atomic E-state index is 11.3. The molecule has 0 aliphatic heterocycles. The van der Waals surface area contributed by atoms with Crippen LogP contribution in [0.3, 0.4) is 0 Å². The molecule has 0 fully saturated rings. The number of nitrogens with one attached hydrogen (secondary N) is 1. The molecule has 0 saturated carbocycles. The van der Waals surface area contributed by atoms with Crippen molar-refractivity contribution in [3.63, 3.8) is 0 Å². The van der Waals surface area contributed by atoms with Crippen molar-refractivity contribution in [1.82, 2.24) is 20.3 Å². The molecule has 1 rings (SSSR count). The SMILES string of the molecule is CC(=O)CCn1cc(CC(NC(C)C)C(N)=O)nn1. The van der Waals surface area contributed by atoms with E-state index in [1.807, 2.05) is 13.8 Å². The van der Waals surface area contributed by atoms with E-state index in [0.717, 1.165) is 0 Å². The monoisotopic (exact) mass is 267 g/mol. The van der Waals surface area contributed by atoms with Crippen molar-refractivity contribution in [2.24, 2.45) is 5.73 Å². The third-order valence-corrected chi connectivity index (χ3v) is 2.57. The summed E-state index contributed by atoms with van der Waals surface area (Å²) in [6.45, 7) is 5.92. The third-order valence-electron chi connectivity index (χ3n) is 2.57. The molecule has 0 aliphatic rings. The Morgan fingerprint density at radius 1 is 1.47 bits per heavy atom. The number of primary amides is 1. The molecule has 1 amide bonds. The molecule has 0 saturated heterocycles. The first-order valence-electron chi connectivity index (χ1n) is 6.32. The van der Waals surface area contributed by atoms with Crippen LogP contribution in [-0.4, -0.2) is 38.8 Å². The number of hydrogen-bond acceptors (Lipinski definition) is 5. The Labute approximate surface area is 112 Å². The van der Waals surface area contributed by atoms with Gasteiger partial charge in [0.15, 0.2) is 0 Å². The van der Waals surface area contributed by atoms with Gasteiger partial charge >= 0.3 is 0 Å². The predicted octanol–water partition coefficient (Wildman–Crippen LogP) is -0.348. The Bertz CT molecular complexity index is 441. The summed E-state index contributed by atoms with van der Waals surface area (Å²) in [5.74, 6) is -0.305. The number of carbonyl (C=O) groups excluding carboxylic acids is 2. The number of rotatable bonds is 8. The Balaban J connectivity index is 2.59. The van der Waals surface area contributed by atoms with Crippen LogP contribution in [-0.2, 0) is 22.6 Å². The summed E-state index contributed by atoms with van der Waals surface area (Å²) in [7, 11) is 0. The van der Waals surface area contributed by atoms with Crippen LogP contribution in [0, 0.1) is 0 Å². The van der Waals surface area contributed by atoms with Crippen molar-refractivity contribution in [3.05, 3.63) is 11.9 Å². The molecular weight excluding hydrogens is 246 g/mol. The quantitative estimate of drug-likeness (QED) is 0.670. The number of hydrogen-bond donors (Lipinski definition) is 2. The standard InChI is InChI=1S/C12H21N5O2/c1-8(2)14-11(12(13)19)6-10-7-17(16-15-10)5-4-9(3)18/h7-8,11,14H,4-6H2,1-3H3,(H2,13,19). The van der Waals surface area contributed by atoms with Crippen LogP contribution >= 0.6 is 0 Å². The van der Waals surface area contributed by atoms with E-state index in [-0.39, 0.29) is 11.8 Å². The highest BCUT2D eigenvalue weighted by Crippen LogP contribution is 2.01. The van der Waals surface area contributed by atoms with Crippen LogP contribution in [0.2, 0.25) is 0 Å². The van der Waals surface area contributed by atoms with Gasteiger partial charge in [0, 0.05) is 31.6 Å². The van der Waals surface area contributed by atoms with Crippen molar-refractivity contribution in [2.45, 2.75) is 52.2 Å². The number of aromatic nitrogens is 3. The highest BCUT2D eigenvalue weighted by atomic mass is 16.1. The largest absolute Gasteiger partial charge is 0.368 e. The van der Waals surface area contributed by atoms with Crippen LogP contribution in [0.15, 0.2) is 6.20 Å². The summed E-state index contributed by atoms with van der Waals surface area (Å²) < 4.78 is 1.60. The molecule has 1 aromatic heterocycles. The first kappa shape index (κ1) is 15.3. The van der Waals surface area contributed by atoms with E-state index in [1.54, 1.807) is 10.9 Å². The van der Waals surface area contributed by atoms with Gasteiger partial charge in [-0.3, -0.25) is 14.3 Å². The average Bonchev–Trinajstić information content (AvgIpc) is 2.72. The number of Topliss-reactive ketones (excluding diaryl/α,β-unsaturated/α-hetero) is 1. The van der Waals surface area contributed by atoms with Gasteiger partial charge < -0.3 is 11.1 Å². The molecule has 7 nitrogen and oxygen atoms in total. The van der Waals surface area contributed by atoms with Gasteiger partial charge in [-0.05, 0) is 6.92 Å². The van der Waals surface area contributed by atoms with Gasteiger partial charge in [-0.25, -0.2) is 0 Å². The molecule has 0 aliphatic carbocycles. The number of nitrogens with two attached hydrogens (primary N) is 1. The smallest absolute Gasteiger partial charge is 0.234 e. The van der Waals surface area contributed by atoms with Crippen molar-refractivity contribution in [3.8, 4) is 0 Å². The van der Waals surface area contributed by atoms with Crippen LogP contribution in [0.25, 0.3) is 0 Å². The minimum Gasteiger partial charge on any atom is -0.368 e. The topological polar surface area (TPSA) is 103 Å². The molecule has 1 atom stereocenters. The normalized spacial score (nSPS) is 12.6. The molecule has 3 N–H and O–H groups in total. The number of carbonyl (C=O) groups is 2. The summed E-state index contributed by atoms with van der Waals surface area (Å²) >= 11 is 0. The molecular formula is C12H21N5O2. The molecule has 0 radical (unpaired) electrons. The molecule has 1 heterocycles. The fourth-order valence-electron chi connectivity index (χ4n) is 1.67. The first-order chi connectivity index (χ1) is 8.88. The second-order valence-corrected chi connectivity index (χ2v) is 4.91. The number of nitrogens with zero attached hydrogens (tertiary/aromatic N) is 3. The van der Waals surface area contributed by atoms with Gasteiger partial charge in [0.05, 0.1) is 11.7 Å². The lowest BCUT2D eigenvalue weighted by molar-refractivity contribution is -0.120. The van der Waals surface area contributed by atoms with Gasteiger partial charge in [0.1, 0.15) is 5.78 Å². The van der Waals surface area contributed by atoms with Crippen LogP contribution in [0.1, 0.15) is 32.9 Å². The van der Waals surface area contributed by atoms with E-state index in [0.29, 0.717) is 25.1 Å². The minimum atomic E-state index is -0.460. The highest BCUT2D eigenvalue weighted by molar-refractivity contribution is 5.80. The number of ketones is 1. The van der Waals surface area contributed by atoms with Crippen molar-refractivity contribution in [2.75, 3.05) is 0 Å². The molecule has 19 heavy (non-hydrogen) atoms. The van der Waals surface area contributed by atoms with E-state index < -0.39 is 11.9 Å². The Morgan fingerprint density at radius 3 is 2.68 bits per heavy atom. The van der Waals surface area contributed by atoms with Crippen LogP contribution in [0.5, 0.6) is 0 Å². The zero-order chi connectivity index (χ0) is 14.4. The summed E-state index contributed by atoms with van der Waals surface area (Å²) in [5.41, 5.74) is 6.02. The molecule has 0 aromatic carbocycles. The fourth-order valence-corrected chi connectivity index (χ4v) is 1.67. The lowest BCUT2D eigenvalue weighted by Gasteiger charge is -2.16. The number of amides is 1. The Kier molecular flexibility index (Phi) is 5.62. The molecule has 0 bridgehead atoms. The summed E-state index contributed by atoms with van der Waals surface area (Å²) in [4.78, 5) is 22.2. The van der Waals surface area contributed by atoms with Gasteiger partial charge in [0.25, 0.3) is 0 Å². The van der Waals surface area contributed by atoms with Crippen molar-refractivity contribution < 1.29 is 9.59 Å². The van der Waals surface area contributed by atoms with Gasteiger partial charge in [-0.1, -0.05) is 19.1 Å². The third kappa shape index (κ3) is 5.60. The number of aryl methyl sites for hydroxylation is 1. The summed E-state index contributed by atoms with van der Waals surface area (Å²) in [6, 6.07) is -0.303. The minimum absolute atomic E-state index is 0.105. The zero-order valence-electron chi connectivity index (χ0n) is 11.6. The van der Waals surface area contributed by atoms with E-state index in [2.05, 4.69) is 15.6 Å². The van der Waals surface area contributed by atoms with E-state index in [1.165, 1.54) is 6.92 Å². The molecule has 106 valence electrons. The second kappa shape index (κ2) is 6.98. The summed E-state index contributed by atoms with van der Waals surface area (Å²) in [6.07, 6.45) is 2.56. The lowest BCUT2D eigenvalue weighted by Crippen LogP contribution is -2.46. The van der Waals surface area contributed by atoms with Crippen molar-refractivity contribution >= 4 is 11.7 Å². The van der Waals surface area contributed by atoms with Gasteiger partial charge in [-0.2, -0.15) is 0 Å². The molecule has 1 aromatic rings. The fraction of sp³-hybridized carbons (Fsp3) is 0.667. The Morgan fingerprint density at radius 2 is 2.16 bits per heavy atom. The molecule has 0 spiro atoms.